The Labute approximate surface area is 142 Å². The third kappa shape index (κ3) is 3.39. The molecular weight excluding hydrogens is 329 g/mol. The van der Waals surface area contributed by atoms with Crippen molar-refractivity contribution in [2.75, 3.05) is 13.2 Å². The molecule has 1 amide bonds. The van der Waals surface area contributed by atoms with Crippen LogP contribution in [-0.2, 0) is 6.61 Å². The van der Waals surface area contributed by atoms with Crippen molar-refractivity contribution in [2.45, 2.75) is 6.61 Å². The zero-order valence-corrected chi connectivity index (χ0v) is 13.6. The second-order valence-corrected chi connectivity index (χ2v) is 6.16. The number of hydrogen-bond donors (Lipinski definition) is 2. The molecule has 24 heavy (non-hydrogen) atoms. The van der Waals surface area contributed by atoms with Gasteiger partial charge >= 0.3 is 0 Å². The molecule has 1 heterocycles. The molecule has 0 fully saturated rings. The minimum atomic E-state index is -0.378. The highest BCUT2D eigenvalue weighted by atomic mass is 32.1. The van der Waals surface area contributed by atoms with E-state index < -0.39 is 0 Å². The Kier molecular flexibility index (Phi) is 5.08. The van der Waals surface area contributed by atoms with Gasteiger partial charge < -0.3 is 15.2 Å². The number of hydrogen-bond acceptors (Lipinski definition) is 4. The van der Waals surface area contributed by atoms with Gasteiger partial charge in [0.1, 0.15) is 18.2 Å². The first-order chi connectivity index (χ1) is 11.7. The van der Waals surface area contributed by atoms with Crippen molar-refractivity contribution in [3.63, 3.8) is 0 Å². The maximum atomic E-state index is 14.3. The number of benzene rings is 2. The topological polar surface area (TPSA) is 58.6 Å². The van der Waals surface area contributed by atoms with Gasteiger partial charge in [-0.05, 0) is 24.3 Å². The molecule has 0 aliphatic carbocycles. The Balaban J connectivity index is 1.97. The average Bonchev–Trinajstić information content (AvgIpc) is 2.99. The van der Waals surface area contributed by atoms with Crippen LogP contribution in [0.3, 0.4) is 0 Å². The van der Waals surface area contributed by atoms with Crippen LogP contribution >= 0.6 is 11.3 Å². The average molecular weight is 345 g/mol. The molecule has 2 aromatic carbocycles. The van der Waals surface area contributed by atoms with Gasteiger partial charge in [0.2, 0.25) is 0 Å². The number of nitrogens with one attached hydrogen (secondary N) is 1. The normalized spacial score (nSPS) is 10.8. The molecule has 4 nitrogen and oxygen atoms in total. The first-order valence-electron chi connectivity index (χ1n) is 7.47. The van der Waals surface area contributed by atoms with Gasteiger partial charge in [0.15, 0.2) is 0 Å². The zero-order chi connectivity index (χ0) is 16.9. The predicted molar refractivity (Wildman–Crippen MR) is 92.0 cm³/mol. The summed E-state index contributed by atoms with van der Waals surface area (Å²) in [5, 5.41) is 11.9. The van der Waals surface area contributed by atoms with Crippen molar-refractivity contribution in [3.05, 3.63) is 64.8 Å². The first-order valence-corrected chi connectivity index (χ1v) is 8.29. The van der Waals surface area contributed by atoms with Gasteiger partial charge in [-0.3, -0.25) is 4.79 Å². The zero-order valence-electron chi connectivity index (χ0n) is 12.8. The fourth-order valence-electron chi connectivity index (χ4n) is 2.41. The predicted octanol–water partition coefficient (Wildman–Crippen LogP) is 3.34. The van der Waals surface area contributed by atoms with E-state index in [-0.39, 0.29) is 31.5 Å². The van der Waals surface area contributed by atoms with E-state index in [0.717, 1.165) is 0 Å². The van der Waals surface area contributed by atoms with E-state index in [2.05, 4.69) is 5.32 Å². The number of carbonyl (C=O) groups is 1. The molecule has 6 heteroatoms. The lowest BCUT2D eigenvalue weighted by molar-refractivity contribution is 0.0946. The number of para-hydroxylation sites is 1. The van der Waals surface area contributed by atoms with Crippen LogP contribution in [0.2, 0.25) is 0 Å². The summed E-state index contributed by atoms with van der Waals surface area (Å²) in [5.41, 5.74) is 0.521. The van der Waals surface area contributed by atoms with Gasteiger partial charge in [0, 0.05) is 22.2 Å². The molecule has 0 bridgehead atoms. The summed E-state index contributed by atoms with van der Waals surface area (Å²) in [6, 6.07) is 13.9. The standard InChI is InChI=1S/C18H16FNO3S/c19-14-7-4-8-15-16(14)13(11-23-12-5-2-1-3-6-12)17(24-15)18(22)20-9-10-21/h1-8,21H,9-11H2,(H,20,22). The van der Waals surface area contributed by atoms with E-state index in [0.29, 0.717) is 26.3 Å². The Morgan fingerprint density at radius 3 is 2.71 bits per heavy atom. The summed E-state index contributed by atoms with van der Waals surface area (Å²) >= 11 is 1.22. The molecule has 0 aliphatic heterocycles. The molecule has 2 N–H and O–H groups in total. The Bertz CT molecular complexity index is 848. The SMILES string of the molecule is O=C(NCCO)c1sc2cccc(F)c2c1COc1ccccc1. The fourth-order valence-corrected chi connectivity index (χ4v) is 3.55. The molecule has 0 radical (unpaired) electrons. The summed E-state index contributed by atoms with van der Waals surface area (Å²) in [5.74, 6) is -0.0668. The number of carbonyl (C=O) groups excluding carboxylic acids is 1. The largest absolute Gasteiger partial charge is 0.489 e. The van der Waals surface area contributed by atoms with Gasteiger partial charge in [-0.25, -0.2) is 4.39 Å². The van der Waals surface area contributed by atoms with Gasteiger partial charge in [-0.2, -0.15) is 0 Å². The van der Waals surface area contributed by atoms with Crippen molar-refractivity contribution in [1.82, 2.24) is 5.32 Å². The maximum absolute atomic E-state index is 14.3. The molecule has 0 atom stereocenters. The van der Waals surface area contributed by atoms with Crippen LogP contribution in [0.25, 0.3) is 10.1 Å². The number of aliphatic hydroxyl groups excluding tert-OH is 1. The number of rotatable bonds is 6. The summed E-state index contributed by atoms with van der Waals surface area (Å²) in [6.45, 7) is 0.0855. The van der Waals surface area contributed by atoms with Crippen LogP contribution in [0, 0.1) is 5.82 Å². The lowest BCUT2D eigenvalue weighted by Gasteiger charge is -2.08. The molecule has 124 valence electrons. The van der Waals surface area contributed by atoms with Crippen LogP contribution < -0.4 is 10.1 Å². The third-order valence-corrected chi connectivity index (χ3v) is 4.69. The summed E-state index contributed by atoms with van der Waals surface area (Å²) in [4.78, 5) is 12.7. The number of aliphatic hydroxyl groups is 1. The Morgan fingerprint density at radius 1 is 1.17 bits per heavy atom. The molecule has 0 saturated heterocycles. The highest BCUT2D eigenvalue weighted by Gasteiger charge is 2.21. The minimum Gasteiger partial charge on any atom is -0.489 e. The summed E-state index contributed by atoms with van der Waals surface area (Å²) in [7, 11) is 0. The number of fused-ring (bicyclic) bond motifs is 1. The van der Waals surface area contributed by atoms with Crippen LogP contribution in [-0.4, -0.2) is 24.2 Å². The number of amides is 1. The second kappa shape index (κ2) is 7.42. The minimum absolute atomic E-state index is 0.0901. The smallest absolute Gasteiger partial charge is 0.261 e. The van der Waals surface area contributed by atoms with Gasteiger partial charge in [0.25, 0.3) is 5.91 Å². The van der Waals surface area contributed by atoms with E-state index in [1.54, 1.807) is 24.3 Å². The molecular formula is C18H16FNO3S. The molecule has 3 aromatic rings. The van der Waals surface area contributed by atoms with E-state index in [1.807, 2.05) is 18.2 Å². The Morgan fingerprint density at radius 2 is 1.96 bits per heavy atom. The van der Waals surface area contributed by atoms with Gasteiger partial charge in [0.05, 0.1) is 11.5 Å². The van der Waals surface area contributed by atoms with Crippen LogP contribution in [0.1, 0.15) is 15.2 Å². The van der Waals surface area contributed by atoms with Crippen molar-refractivity contribution < 1.29 is 19.0 Å². The highest BCUT2D eigenvalue weighted by Crippen LogP contribution is 2.34. The van der Waals surface area contributed by atoms with E-state index in [4.69, 9.17) is 9.84 Å². The Hall–Kier alpha value is -2.44. The first kappa shape index (κ1) is 16.4. The molecule has 3 rings (SSSR count). The lowest BCUT2D eigenvalue weighted by Crippen LogP contribution is -2.26. The maximum Gasteiger partial charge on any atom is 0.261 e. The second-order valence-electron chi connectivity index (χ2n) is 5.10. The molecule has 0 unspecified atom stereocenters. The van der Waals surface area contributed by atoms with Crippen molar-refractivity contribution in [2.24, 2.45) is 0 Å². The lowest BCUT2D eigenvalue weighted by atomic mass is 10.1. The number of ether oxygens (including phenoxy) is 1. The highest BCUT2D eigenvalue weighted by molar-refractivity contribution is 7.21. The summed E-state index contributed by atoms with van der Waals surface area (Å²) in [6.07, 6.45) is 0. The van der Waals surface area contributed by atoms with E-state index in [9.17, 15) is 9.18 Å². The monoisotopic (exact) mass is 345 g/mol. The quantitative estimate of drug-likeness (QED) is 0.720. The molecule has 0 saturated carbocycles. The van der Waals surface area contributed by atoms with Crippen molar-refractivity contribution >= 4 is 27.3 Å². The molecule has 0 aliphatic rings. The third-order valence-electron chi connectivity index (χ3n) is 3.49. The van der Waals surface area contributed by atoms with Crippen molar-refractivity contribution in [1.29, 1.82) is 0 Å². The fraction of sp³-hybridized carbons (Fsp3) is 0.167. The summed E-state index contributed by atoms with van der Waals surface area (Å²) < 4.78 is 20.7. The van der Waals surface area contributed by atoms with Crippen molar-refractivity contribution in [3.8, 4) is 5.75 Å². The van der Waals surface area contributed by atoms with Crippen LogP contribution in [0.4, 0.5) is 4.39 Å². The number of halogens is 1. The van der Waals surface area contributed by atoms with Crippen LogP contribution in [0.5, 0.6) is 5.75 Å². The molecule has 0 spiro atoms. The number of thiophene rings is 1. The molecule has 1 aromatic heterocycles. The van der Waals surface area contributed by atoms with Gasteiger partial charge in [-0.15, -0.1) is 11.3 Å². The van der Waals surface area contributed by atoms with Gasteiger partial charge in [-0.1, -0.05) is 24.3 Å². The van der Waals surface area contributed by atoms with Crippen LogP contribution in [0.15, 0.2) is 48.5 Å². The van der Waals surface area contributed by atoms with E-state index >= 15 is 0 Å². The van der Waals surface area contributed by atoms with E-state index in [1.165, 1.54) is 17.4 Å².